The van der Waals surface area contributed by atoms with Crippen molar-refractivity contribution >= 4 is 31.4 Å². The minimum absolute atomic E-state index is 0.0683. The number of aromatic amines is 1. The number of rotatable bonds is 6. The van der Waals surface area contributed by atoms with Crippen LogP contribution in [-0.2, 0) is 29.2 Å². The Kier molecular flexibility index (Phi) is 4.81. The van der Waals surface area contributed by atoms with E-state index in [-0.39, 0.29) is 17.4 Å². The largest absolute Gasteiger partial charge is 0.309 e. The highest BCUT2D eigenvalue weighted by atomic mass is 32.2. The molecule has 1 aliphatic carbocycles. The van der Waals surface area contributed by atoms with Gasteiger partial charge in [0.05, 0.1) is 17.7 Å². The van der Waals surface area contributed by atoms with Gasteiger partial charge in [-0.25, -0.2) is 13.4 Å². The lowest BCUT2D eigenvalue weighted by Gasteiger charge is -2.26. The molecule has 0 spiro atoms. The zero-order chi connectivity index (χ0) is 17.5. The lowest BCUT2D eigenvalue weighted by Crippen LogP contribution is -2.38. The van der Waals surface area contributed by atoms with Gasteiger partial charge in [0.2, 0.25) is 0 Å². The summed E-state index contributed by atoms with van der Waals surface area (Å²) >= 11 is 1.62. The third-order valence-corrected chi connectivity index (χ3v) is 6.82. The fourth-order valence-electron chi connectivity index (χ4n) is 3.44. The van der Waals surface area contributed by atoms with E-state index in [0.29, 0.717) is 18.9 Å². The van der Waals surface area contributed by atoms with Crippen molar-refractivity contribution in [2.75, 3.05) is 18.6 Å². The van der Waals surface area contributed by atoms with Crippen LogP contribution in [0.4, 0.5) is 0 Å². The number of sulfone groups is 1. The highest BCUT2D eigenvalue weighted by Gasteiger charge is 2.22. The first-order valence-corrected chi connectivity index (χ1v) is 11.1. The first-order chi connectivity index (χ1) is 11.3. The van der Waals surface area contributed by atoms with Crippen molar-refractivity contribution in [1.82, 2.24) is 14.9 Å². The molecular formula is C16H23N3O3S2. The molecule has 0 fully saturated rings. The molecule has 2 aromatic heterocycles. The summed E-state index contributed by atoms with van der Waals surface area (Å²) in [5, 5.41) is 0.753. The second kappa shape index (κ2) is 6.57. The van der Waals surface area contributed by atoms with Crippen LogP contribution in [0.25, 0.3) is 10.2 Å². The van der Waals surface area contributed by atoms with Crippen molar-refractivity contribution < 1.29 is 8.42 Å². The number of hydrogen-bond donors (Lipinski definition) is 1. The highest BCUT2D eigenvalue weighted by Crippen LogP contribution is 2.34. The SMILES string of the molecule is CCN(Cc1nc2sc3c(c2c(=O)[nH]1)CCC3)C(C)CS(C)(=O)=O. The minimum atomic E-state index is -3.04. The van der Waals surface area contributed by atoms with Crippen molar-refractivity contribution in [3.05, 3.63) is 26.6 Å². The van der Waals surface area contributed by atoms with E-state index in [4.69, 9.17) is 0 Å². The van der Waals surface area contributed by atoms with E-state index in [1.807, 2.05) is 18.7 Å². The van der Waals surface area contributed by atoms with E-state index >= 15 is 0 Å². The Balaban J connectivity index is 1.88. The number of nitrogens with one attached hydrogen (secondary N) is 1. The molecule has 0 saturated carbocycles. The van der Waals surface area contributed by atoms with E-state index in [1.165, 1.54) is 16.7 Å². The molecule has 0 aromatic carbocycles. The number of fused-ring (bicyclic) bond motifs is 3. The van der Waals surface area contributed by atoms with Crippen molar-refractivity contribution in [3.63, 3.8) is 0 Å². The van der Waals surface area contributed by atoms with E-state index < -0.39 is 9.84 Å². The number of hydrogen-bond acceptors (Lipinski definition) is 6. The fraction of sp³-hybridized carbons (Fsp3) is 0.625. The van der Waals surface area contributed by atoms with Crippen LogP contribution in [0.5, 0.6) is 0 Å². The van der Waals surface area contributed by atoms with Crippen LogP contribution in [0.3, 0.4) is 0 Å². The van der Waals surface area contributed by atoms with Gasteiger partial charge >= 0.3 is 0 Å². The van der Waals surface area contributed by atoms with Gasteiger partial charge in [0, 0.05) is 17.2 Å². The van der Waals surface area contributed by atoms with E-state index in [0.717, 1.165) is 29.5 Å². The second-order valence-electron chi connectivity index (χ2n) is 6.55. The molecule has 6 nitrogen and oxygen atoms in total. The molecular weight excluding hydrogens is 346 g/mol. The number of H-pyrrole nitrogens is 1. The number of nitrogens with zero attached hydrogens (tertiary/aromatic N) is 2. The molecule has 2 aromatic rings. The van der Waals surface area contributed by atoms with E-state index in [9.17, 15) is 13.2 Å². The van der Waals surface area contributed by atoms with Crippen LogP contribution in [0.1, 0.15) is 36.5 Å². The van der Waals surface area contributed by atoms with Gasteiger partial charge in [0.1, 0.15) is 20.5 Å². The normalized spacial score (nSPS) is 16.0. The molecule has 0 saturated heterocycles. The molecule has 24 heavy (non-hydrogen) atoms. The van der Waals surface area contributed by atoms with Crippen molar-refractivity contribution in [2.45, 2.75) is 45.7 Å². The third kappa shape index (κ3) is 3.55. The second-order valence-corrected chi connectivity index (χ2v) is 9.82. The first kappa shape index (κ1) is 17.6. The predicted molar refractivity (Wildman–Crippen MR) is 97.5 cm³/mol. The molecule has 1 aliphatic rings. The van der Waals surface area contributed by atoms with E-state index in [2.05, 4.69) is 9.97 Å². The van der Waals surface area contributed by atoms with Gasteiger partial charge in [-0.3, -0.25) is 9.69 Å². The quantitative estimate of drug-likeness (QED) is 0.838. The Morgan fingerprint density at radius 3 is 2.79 bits per heavy atom. The van der Waals surface area contributed by atoms with Crippen molar-refractivity contribution in [1.29, 1.82) is 0 Å². The van der Waals surface area contributed by atoms with Gasteiger partial charge < -0.3 is 4.98 Å². The molecule has 0 aliphatic heterocycles. The lowest BCUT2D eigenvalue weighted by atomic mass is 10.2. The van der Waals surface area contributed by atoms with E-state index in [1.54, 1.807) is 11.3 Å². The summed E-state index contributed by atoms with van der Waals surface area (Å²) in [6.45, 7) is 5.01. The Bertz CT molecular complexity index is 915. The Labute approximate surface area is 145 Å². The summed E-state index contributed by atoms with van der Waals surface area (Å²) in [5.41, 5.74) is 1.11. The molecule has 0 radical (unpaired) electrons. The molecule has 132 valence electrons. The van der Waals surface area contributed by atoms with Crippen LogP contribution in [0, 0.1) is 0 Å². The minimum Gasteiger partial charge on any atom is -0.309 e. The van der Waals surface area contributed by atoms with Crippen LogP contribution in [0.15, 0.2) is 4.79 Å². The van der Waals surface area contributed by atoms with Crippen LogP contribution in [0.2, 0.25) is 0 Å². The Hall–Kier alpha value is -1.25. The lowest BCUT2D eigenvalue weighted by molar-refractivity contribution is 0.221. The third-order valence-electron chi connectivity index (χ3n) is 4.55. The zero-order valence-corrected chi connectivity index (χ0v) is 15.9. The monoisotopic (exact) mass is 369 g/mol. The average molecular weight is 370 g/mol. The standard InChI is InChI=1S/C16H23N3O3S2/c1-4-19(10(2)9-24(3,21)22)8-13-17-15(20)14-11-6-5-7-12(11)23-16(14)18-13/h10H,4-9H2,1-3H3,(H,17,18,20). The molecule has 8 heteroatoms. The molecule has 1 unspecified atom stereocenters. The molecule has 0 amide bonds. The average Bonchev–Trinajstić information content (AvgIpc) is 3.02. The zero-order valence-electron chi connectivity index (χ0n) is 14.3. The van der Waals surface area contributed by atoms with Crippen LogP contribution >= 0.6 is 11.3 Å². The van der Waals surface area contributed by atoms with Crippen molar-refractivity contribution in [3.8, 4) is 0 Å². The number of thiophene rings is 1. The van der Waals surface area contributed by atoms with Gasteiger partial charge in [-0.05, 0) is 38.3 Å². The van der Waals surface area contributed by atoms with Crippen LogP contribution in [-0.4, -0.2) is 47.9 Å². The first-order valence-electron chi connectivity index (χ1n) is 8.23. The summed E-state index contributed by atoms with van der Waals surface area (Å²) in [5.74, 6) is 0.704. The smallest absolute Gasteiger partial charge is 0.259 e. The van der Waals surface area contributed by atoms with Gasteiger partial charge in [-0.15, -0.1) is 11.3 Å². The molecule has 3 rings (SSSR count). The summed E-state index contributed by atoms with van der Waals surface area (Å²) in [7, 11) is -3.04. The Morgan fingerprint density at radius 1 is 1.38 bits per heavy atom. The Morgan fingerprint density at radius 2 is 2.12 bits per heavy atom. The predicted octanol–water partition coefficient (Wildman–Crippen LogP) is 1.73. The van der Waals surface area contributed by atoms with Gasteiger partial charge in [-0.2, -0.15) is 0 Å². The summed E-state index contributed by atoms with van der Waals surface area (Å²) < 4.78 is 23.0. The maximum absolute atomic E-state index is 12.5. The highest BCUT2D eigenvalue weighted by molar-refractivity contribution is 7.90. The number of aromatic nitrogens is 2. The maximum atomic E-state index is 12.5. The van der Waals surface area contributed by atoms with Crippen LogP contribution < -0.4 is 5.56 Å². The van der Waals surface area contributed by atoms with Gasteiger partial charge in [0.25, 0.3) is 5.56 Å². The fourth-order valence-corrected chi connectivity index (χ4v) is 5.80. The molecule has 1 atom stereocenters. The topological polar surface area (TPSA) is 83.1 Å². The molecule has 0 bridgehead atoms. The molecule has 1 N–H and O–H groups in total. The summed E-state index contributed by atoms with van der Waals surface area (Å²) in [6.07, 6.45) is 4.37. The number of aryl methyl sites for hydroxylation is 2. The van der Waals surface area contributed by atoms with Gasteiger partial charge in [-0.1, -0.05) is 6.92 Å². The van der Waals surface area contributed by atoms with Crippen molar-refractivity contribution in [2.24, 2.45) is 0 Å². The maximum Gasteiger partial charge on any atom is 0.259 e. The summed E-state index contributed by atoms with van der Waals surface area (Å²) in [6, 6.07) is -0.126. The summed E-state index contributed by atoms with van der Waals surface area (Å²) in [4.78, 5) is 24.1. The van der Waals surface area contributed by atoms with Gasteiger partial charge in [0.15, 0.2) is 0 Å². The molecule has 2 heterocycles.